The molecule has 0 radical (unpaired) electrons. The van der Waals surface area contributed by atoms with Crippen molar-refractivity contribution in [3.8, 4) is 17.2 Å². The van der Waals surface area contributed by atoms with Gasteiger partial charge >= 0.3 is 7.82 Å². The van der Waals surface area contributed by atoms with Crippen LogP contribution in [0.5, 0.6) is 17.2 Å². The van der Waals surface area contributed by atoms with E-state index >= 15 is 0 Å². The molecule has 3 heterocycles. The van der Waals surface area contributed by atoms with E-state index in [1.165, 1.54) is 31.9 Å². The van der Waals surface area contributed by atoms with Gasteiger partial charge in [-0.15, -0.1) is 0 Å². The van der Waals surface area contributed by atoms with Crippen LogP contribution in [0.2, 0.25) is 0 Å². The molecule has 7 N–H and O–H groups in total. The summed E-state index contributed by atoms with van der Waals surface area (Å²) in [5.41, 5.74) is 1.50. The van der Waals surface area contributed by atoms with Crippen LogP contribution in [0, 0.1) is 0 Å². The summed E-state index contributed by atoms with van der Waals surface area (Å²) in [5, 5.41) is 33.7. The van der Waals surface area contributed by atoms with Crippen LogP contribution in [0.3, 0.4) is 0 Å². The SMILES string of the molecule is COc1c(CNc2ncnc3nc[nH]c23)cc(O)cc1OC1O[C@H](COP(=O)(O)O)[C@@H](O)[C@H]1O. The molecule has 0 aliphatic carbocycles. The highest BCUT2D eigenvalue weighted by Crippen LogP contribution is 2.40. The third-order valence-corrected chi connectivity index (χ3v) is 5.44. The number of fused-ring (bicyclic) bond motifs is 1. The van der Waals surface area contributed by atoms with E-state index in [0.29, 0.717) is 22.5 Å². The number of H-pyrrole nitrogens is 1. The lowest BCUT2D eigenvalue weighted by Crippen LogP contribution is -2.36. The van der Waals surface area contributed by atoms with Gasteiger partial charge in [-0.05, 0) is 6.07 Å². The van der Waals surface area contributed by atoms with Crippen molar-refractivity contribution in [2.45, 2.75) is 31.1 Å². The van der Waals surface area contributed by atoms with Gasteiger partial charge in [0.2, 0.25) is 6.29 Å². The lowest BCUT2D eigenvalue weighted by molar-refractivity contribution is -0.116. The number of phenolic OH excluding ortho intramolecular Hbond substituents is 1. The van der Waals surface area contributed by atoms with E-state index in [-0.39, 0.29) is 23.8 Å². The first-order valence-electron chi connectivity index (χ1n) is 9.82. The first kappa shape index (κ1) is 24.1. The standard InChI is InChI=1S/C18H22N5O10P/c1-30-15-8(4-19-16-12-17(21-6-20-12)23-7-22-16)2-9(24)3-10(15)32-18-14(26)13(25)11(33-18)5-31-34(27,28)29/h2-3,6-7,11,13-14,18,24-26H,4-5H2,1H3,(H2,27,28,29)(H2,19,20,21,22,23)/t11-,13-,14-,18?/m1/s1. The Labute approximate surface area is 191 Å². The van der Waals surface area contributed by atoms with Crippen molar-refractivity contribution in [3.05, 3.63) is 30.4 Å². The van der Waals surface area contributed by atoms with Crippen molar-refractivity contribution < 1.29 is 48.4 Å². The van der Waals surface area contributed by atoms with Crippen LogP contribution in [-0.4, -0.2) is 83.4 Å². The molecule has 34 heavy (non-hydrogen) atoms. The molecule has 3 aromatic rings. The van der Waals surface area contributed by atoms with Gasteiger partial charge in [-0.2, -0.15) is 0 Å². The van der Waals surface area contributed by atoms with E-state index in [1.54, 1.807) is 0 Å². The number of nitrogens with zero attached hydrogens (tertiary/aromatic N) is 3. The fourth-order valence-corrected chi connectivity index (χ4v) is 3.76. The number of aromatic nitrogens is 4. The number of aromatic amines is 1. The lowest BCUT2D eigenvalue weighted by atomic mass is 10.1. The van der Waals surface area contributed by atoms with Crippen molar-refractivity contribution in [3.63, 3.8) is 0 Å². The molecule has 16 heteroatoms. The number of aromatic hydroxyl groups is 1. The molecule has 1 aliphatic heterocycles. The highest BCUT2D eigenvalue weighted by atomic mass is 31.2. The molecule has 0 spiro atoms. The minimum absolute atomic E-state index is 0.0125. The van der Waals surface area contributed by atoms with E-state index in [9.17, 15) is 19.9 Å². The molecule has 15 nitrogen and oxygen atoms in total. The van der Waals surface area contributed by atoms with E-state index < -0.39 is 39.0 Å². The Kier molecular flexibility index (Phi) is 6.86. The molecule has 4 atom stereocenters. The predicted octanol–water partition coefficient (Wildman–Crippen LogP) is -0.386. The van der Waals surface area contributed by atoms with Crippen LogP contribution >= 0.6 is 7.82 Å². The van der Waals surface area contributed by atoms with Crippen molar-refractivity contribution in [1.29, 1.82) is 0 Å². The number of nitrogens with one attached hydrogen (secondary N) is 2. The third kappa shape index (κ3) is 5.20. The number of phosphoric ester groups is 1. The Morgan fingerprint density at radius 2 is 2.00 bits per heavy atom. The largest absolute Gasteiger partial charge is 0.508 e. The molecule has 0 amide bonds. The zero-order valence-corrected chi connectivity index (χ0v) is 18.5. The molecule has 1 unspecified atom stereocenters. The minimum atomic E-state index is -4.81. The van der Waals surface area contributed by atoms with Crippen LogP contribution in [0.25, 0.3) is 11.2 Å². The first-order chi connectivity index (χ1) is 16.2. The van der Waals surface area contributed by atoms with Crippen LogP contribution in [0.1, 0.15) is 5.56 Å². The summed E-state index contributed by atoms with van der Waals surface area (Å²) < 4.78 is 31.7. The first-order valence-corrected chi connectivity index (χ1v) is 11.4. The van der Waals surface area contributed by atoms with Gasteiger partial charge in [-0.25, -0.2) is 19.5 Å². The highest BCUT2D eigenvalue weighted by Gasteiger charge is 2.45. The van der Waals surface area contributed by atoms with Crippen molar-refractivity contribution >= 4 is 24.8 Å². The second-order valence-electron chi connectivity index (χ2n) is 7.24. The molecule has 0 saturated carbocycles. The number of benzene rings is 1. The van der Waals surface area contributed by atoms with Gasteiger partial charge in [0.05, 0.1) is 20.0 Å². The van der Waals surface area contributed by atoms with Crippen molar-refractivity contribution in [1.82, 2.24) is 19.9 Å². The summed E-state index contributed by atoms with van der Waals surface area (Å²) >= 11 is 0. The number of hydrogen-bond acceptors (Lipinski definition) is 12. The van der Waals surface area contributed by atoms with Crippen molar-refractivity contribution in [2.75, 3.05) is 19.0 Å². The molecular formula is C18H22N5O10P. The monoisotopic (exact) mass is 499 g/mol. The van der Waals surface area contributed by atoms with Crippen LogP contribution in [0.15, 0.2) is 24.8 Å². The van der Waals surface area contributed by atoms with E-state index in [2.05, 4.69) is 29.8 Å². The summed E-state index contributed by atoms with van der Waals surface area (Å²) in [6.07, 6.45) is -3.01. The van der Waals surface area contributed by atoms with E-state index in [1.807, 2.05) is 0 Å². The topological polar surface area (TPSA) is 222 Å². The summed E-state index contributed by atoms with van der Waals surface area (Å²) in [4.78, 5) is 32.8. The summed E-state index contributed by atoms with van der Waals surface area (Å²) in [5.74, 6) is 0.458. The number of imidazole rings is 1. The number of aliphatic hydroxyl groups is 2. The Morgan fingerprint density at radius 1 is 1.21 bits per heavy atom. The van der Waals surface area contributed by atoms with Gasteiger partial charge in [0.25, 0.3) is 0 Å². The molecule has 184 valence electrons. The molecule has 4 rings (SSSR count). The quantitative estimate of drug-likeness (QED) is 0.186. The number of anilines is 1. The summed E-state index contributed by atoms with van der Waals surface area (Å²) in [6.45, 7) is -0.551. The number of phenols is 1. The summed E-state index contributed by atoms with van der Waals surface area (Å²) in [7, 11) is -3.44. The zero-order chi connectivity index (χ0) is 24.5. The Balaban J connectivity index is 1.51. The normalized spacial score (nSPS) is 22.7. The molecule has 2 aromatic heterocycles. The maximum Gasteiger partial charge on any atom is 0.469 e. The van der Waals surface area contributed by atoms with Crippen LogP contribution < -0.4 is 14.8 Å². The van der Waals surface area contributed by atoms with Crippen LogP contribution in [0.4, 0.5) is 5.82 Å². The maximum atomic E-state index is 10.9. The maximum absolute atomic E-state index is 10.9. The van der Waals surface area contributed by atoms with Gasteiger partial charge in [0, 0.05) is 18.2 Å². The fourth-order valence-electron chi connectivity index (χ4n) is 3.42. The van der Waals surface area contributed by atoms with Crippen molar-refractivity contribution in [2.24, 2.45) is 0 Å². The van der Waals surface area contributed by atoms with Crippen LogP contribution in [-0.2, 0) is 20.4 Å². The second kappa shape index (κ2) is 9.68. The highest BCUT2D eigenvalue weighted by molar-refractivity contribution is 7.46. The molecular weight excluding hydrogens is 477 g/mol. The average Bonchev–Trinajstić information content (AvgIpc) is 3.36. The molecule has 1 fully saturated rings. The van der Waals surface area contributed by atoms with Gasteiger partial charge < -0.3 is 49.6 Å². The van der Waals surface area contributed by atoms with Gasteiger partial charge in [0.1, 0.15) is 35.9 Å². The number of aliphatic hydroxyl groups excluding tert-OH is 2. The Morgan fingerprint density at radius 3 is 2.74 bits per heavy atom. The number of rotatable bonds is 9. The third-order valence-electron chi connectivity index (χ3n) is 4.96. The fraction of sp³-hybridized carbons (Fsp3) is 0.389. The van der Waals surface area contributed by atoms with E-state index in [0.717, 1.165) is 0 Å². The van der Waals surface area contributed by atoms with Gasteiger partial charge in [-0.1, -0.05) is 0 Å². The molecule has 1 saturated heterocycles. The van der Waals surface area contributed by atoms with Gasteiger partial charge in [-0.3, -0.25) is 4.52 Å². The van der Waals surface area contributed by atoms with E-state index in [4.69, 9.17) is 24.0 Å². The Hall–Kier alpha value is -3.04. The number of ether oxygens (including phenoxy) is 3. The predicted molar refractivity (Wildman–Crippen MR) is 113 cm³/mol. The average molecular weight is 499 g/mol. The Bertz CT molecular complexity index is 1200. The second-order valence-corrected chi connectivity index (χ2v) is 8.48. The molecule has 1 aromatic carbocycles. The smallest absolute Gasteiger partial charge is 0.469 e. The lowest BCUT2D eigenvalue weighted by Gasteiger charge is -2.21. The zero-order valence-electron chi connectivity index (χ0n) is 17.6. The summed E-state index contributed by atoms with van der Waals surface area (Å²) in [6, 6.07) is 2.66. The molecule has 1 aliphatic rings. The number of phosphoric acid groups is 1. The molecule has 0 bridgehead atoms. The number of methoxy groups -OCH3 is 1. The minimum Gasteiger partial charge on any atom is -0.508 e. The number of hydrogen-bond donors (Lipinski definition) is 7. The van der Waals surface area contributed by atoms with Gasteiger partial charge in [0.15, 0.2) is 23.0 Å².